The fourth-order valence-corrected chi connectivity index (χ4v) is 1.56. The van der Waals surface area contributed by atoms with Crippen LogP contribution in [0.1, 0.15) is 6.92 Å². The Bertz CT molecular complexity index is 634. The van der Waals surface area contributed by atoms with Gasteiger partial charge in [0, 0.05) is 12.6 Å². The van der Waals surface area contributed by atoms with Crippen LogP contribution in [-0.2, 0) is 0 Å². The van der Waals surface area contributed by atoms with E-state index in [1.54, 1.807) is 6.07 Å². The van der Waals surface area contributed by atoms with Crippen LogP contribution < -0.4 is 10.1 Å². The van der Waals surface area contributed by atoms with Crippen molar-refractivity contribution in [3.63, 3.8) is 0 Å². The monoisotopic (exact) mass is 277 g/mol. The molecule has 104 valence electrons. The molecule has 0 amide bonds. The van der Waals surface area contributed by atoms with Gasteiger partial charge in [0.2, 0.25) is 0 Å². The van der Waals surface area contributed by atoms with Crippen molar-refractivity contribution in [2.75, 3.05) is 11.9 Å². The molecule has 0 spiro atoms. The third kappa shape index (κ3) is 3.00. The van der Waals surface area contributed by atoms with Crippen molar-refractivity contribution in [1.29, 1.82) is 0 Å². The lowest BCUT2D eigenvalue weighted by atomic mass is 10.3. The summed E-state index contributed by atoms with van der Waals surface area (Å²) in [5, 5.41) is 13.8. The molecule has 0 fully saturated rings. The molecule has 0 saturated carbocycles. The predicted octanol–water partition coefficient (Wildman–Crippen LogP) is 3.35. The molecule has 0 radical (unpaired) electrons. The van der Waals surface area contributed by atoms with Gasteiger partial charge in [0.25, 0.3) is 0 Å². The second kappa shape index (κ2) is 5.96. The number of pyridine rings is 1. The van der Waals surface area contributed by atoms with Gasteiger partial charge in [0.1, 0.15) is 5.82 Å². The molecular weight excluding hydrogens is 265 g/mol. The lowest BCUT2D eigenvalue weighted by Gasteiger charge is -2.08. The smallest absolute Gasteiger partial charge is 0.331 e. The zero-order valence-electron chi connectivity index (χ0n) is 10.7. The third-order valence-electron chi connectivity index (χ3n) is 2.44. The first kappa shape index (κ1) is 13.7. The molecule has 6 nitrogen and oxygen atoms in total. The van der Waals surface area contributed by atoms with E-state index in [9.17, 15) is 14.5 Å². The number of anilines is 1. The van der Waals surface area contributed by atoms with Crippen molar-refractivity contribution < 1.29 is 14.1 Å². The van der Waals surface area contributed by atoms with E-state index in [-0.39, 0.29) is 17.3 Å². The topological polar surface area (TPSA) is 77.3 Å². The second-order valence-electron chi connectivity index (χ2n) is 3.84. The average molecular weight is 277 g/mol. The summed E-state index contributed by atoms with van der Waals surface area (Å²) in [6, 6.07) is 8.38. The highest BCUT2D eigenvalue weighted by atomic mass is 19.1. The Balaban J connectivity index is 2.40. The number of hydrogen-bond acceptors (Lipinski definition) is 5. The number of hydrogen-bond donors (Lipinski definition) is 1. The average Bonchev–Trinajstić information content (AvgIpc) is 2.42. The Morgan fingerprint density at radius 3 is 2.75 bits per heavy atom. The van der Waals surface area contributed by atoms with Crippen LogP contribution in [0.2, 0.25) is 0 Å². The quantitative estimate of drug-likeness (QED) is 0.669. The second-order valence-corrected chi connectivity index (χ2v) is 3.84. The van der Waals surface area contributed by atoms with E-state index in [2.05, 4.69) is 10.3 Å². The third-order valence-corrected chi connectivity index (χ3v) is 2.44. The van der Waals surface area contributed by atoms with E-state index in [1.165, 1.54) is 30.3 Å². The number of nitrogens with zero attached hydrogens (tertiary/aromatic N) is 2. The standard InChI is InChI=1S/C13H12FN3O3/c1-2-15-12-8-7-10(17(18)19)13(16-12)20-11-6-4-3-5-9(11)14/h3-8H,2H2,1H3,(H,15,16). The summed E-state index contributed by atoms with van der Waals surface area (Å²) in [6.07, 6.45) is 0. The van der Waals surface area contributed by atoms with Crippen LogP contribution in [0.15, 0.2) is 36.4 Å². The summed E-state index contributed by atoms with van der Waals surface area (Å²) < 4.78 is 18.7. The number of para-hydroxylation sites is 1. The van der Waals surface area contributed by atoms with E-state index in [4.69, 9.17) is 4.74 Å². The minimum atomic E-state index is -0.626. The van der Waals surface area contributed by atoms with Gasteiger partial charge in [-0.3, -0.25) is 10.1 Å². The molecule has 0 aliphatic carbocycles. The summed E-state index contributed by atoms with van der Waals surface area (Å²) in [7, 11) is 0. The number of aromatic nitrogens is 1. The Morgan fingerprint density at radius 2 is 2.10 bits per heavy atom. The van der Waals surface area contributed by atoms with Gasteiger partial charge >= 0.3 is 11.6 Å². The molecule has 1 aromatic heterocycles. The van der Waals surface area contributed by atoms with Gasteiger partial charge < -0.3 is 10.1 Å². The number of halogens is 1. The molecule has 1 aromatic carbocycles. The van der Waals surface area contributed by atoms with E-state index >= 15 is 0 Å². The summed E-state index contributed by atoms with van der Waals surface area (Å²) in [5.74, 6) is -0.558. The van der Waals surface area contributed by atoms with E-state index < -0.39 is 10.7 Å². The highest BCUT2D eigenvalue weighted by Crippen LogP contribution is 2.31. The lowest BCUT2D eigenvalue weighted by Crippen LogP contribution is -2.02. The van der Waals surface area contributed by atoms with Gasteiger partial charge in [-0.25, -0.2) is 4.39 Å². The molecule has 0 aliphatic heterocycles. The molecule has 0 unspecified atom stereocenters. The molecule has 2 aromatic rings. The largest absolute Gasteiger partial charge is 0.430 e. The van der Waals surface area contributed by atoms with Crippen LogP contribution in [-0.4, -0.2) is 16.5 Å². The van der Waals surface area contributed by atoms with Crippen molar-refractivity contribution in [2.45, 2.75) is 6.92 Å². The molecule has 2 rings (SSSR count). The first-order valence-electron chi connectivity index (χ1n) is 5.93. The normalized spacial score (nSPS) is 10.1. The maximum absolute atomic E-state index is 13.5. The van der Waals surface area contributed by atoms with Crippen molar-refractivity contribution in [2.24, 2.45) is 0 Å². The zero-order valence-corrected chi connectivity index (χ0v) is 10.7. The van der Waals surface area contributed by atoms with Crippen LogP contribution in [0.25, 0.3) is 0 Å². The number of ether oxygens (including phenoxy) is 1. The Labute approximate surface area is 114 Å². The first-order valence-corrected chi connectivity index (χ1v) is 5.93. The Kier molecular flexibility index (Phi) is 4.09. The zero-order chi connectivity index (χ0) is 14.5. The van der Waals surface area contributed by atoms with Crippen molar-refractivity contribution in [1.82, 2.24) is 4.98 Å². The molecule has 0 aliphatic rings. The van der Waals surface area contributed by atoms with Crippen LogP contribution in [0.4, 0.5) is 15.9 Å². The Hall–Kier alpha value is -2.70. The van der Waals surface area contributed by atoms with Gasteiger partial charge in [-0.1, -0.05) is 12.1 Å². The van der Waals surface area contributed by atoms with Gasteiger partial charge in [-0.15, -0.1) is 0 Å². The molecule has 1 N–H and O–H groups in total. The first-order chi connectivity index (χ1) is 9.61. The van der Waals surface area contributed by atoms with Crippen LogP contribution in [0, 0.1) is 15.9 Å². The summed E-state index contributed by atoms with van der Waals surface area (Å²) in [6.45, 7) is 2.46. The maximum Gasteiger partial charge on any atom is 0.331 e. The molecule has 0 atom stereocenters. The fourth-order valence-electron chi connectivity index (χ4n) is 1.56. The van der Waals surface area contributed by atoms with Crippen molar-refractivity contribution >= 4 is 11.5 Å². The van der Waals surface area contributed by atoms with Crippen molar-refractivity contribution in [3.8, 4) is 11.6 Å². The van der Waals surface area contributed by atoms with Gasteiger partial charge in [0.05, 0.1) is 4.92 Å². The number of benzene rings is 1. The number of rotatable bonds is 5. The van der Waals surface area contributed by atoms with Gasteiger partial charge in [-0.2, -0.15) is 4.98 Å². The van der Waals surface area contributed by atoms with E-state index in [1.807, 2.05) is 6.92 Å². The summed E-state index contributed by atoms with van der Waals surface area (Å²) in [4.78, 5) is 14.3. The number of nitro groups is 1. The fraction of sp³-hybridized carbons (Fsp3) is 0.154. The SMILES string of the molecule is CCNc1ccc([N+](=O)[O-])c(Oc2ccccc2F)n1. The van der Waals surface area contributed by atoms with Crippen LogP contribution in [0.3, 0.4) is 0 Å². The predicted molar refractivity (Wildman–Crippen MR) is 71.5 cm³/mol. The van der Waals surface area contributed by atoms with Gasteiger partial charge in [-0.05, 0) is 25.1 Å². The van der Waals surface area contributed by atoms with Crippen LogP contribution in [0.5, 0.6) is 11.6 Å². The molecule has 7 heteroatoms. The Morgan fingerprint density at radius 1 is 1.35 bits per heavy atom. The summed E-state index contributed by atoms with van der Waals surface area (Å²) >= 11 is 0. The lowest BCUT2D eigenvalue weighted by molar-refractivity contribution is -0.386. The minimum Gasteiger partial charge on any atom is -0.430 e. The highest BCUT2D eigenvalue weighted by Gasteiger charge is 2.19. The van der Waals surface area contributed by atoms with E-state index in [0.29, 0.717) is 12.4 Å². The molecule has 0 bridgehead atoms. The van der Waals surface area contributed by atoms with E-state index in [0.717, 1.165) is 0 Å². The highest BCUT2D eigenvalue weighted by molar-refractivity contribution is 5.50. The van der Waals surface area contributed by atoms with Gasteiger partial charge in [0.15, 0.2) is 11.6 Å². The van der Waals surface area contributed by atoms with Crippen molar-refractivity contribution in [3.05, 3.63) is 52.3 Å². The molecule has 1 heterocycles. The van der Waals surface area contributed by atoms with Crippen LogP contribution >= 0.6 is 0 Å². The maximum atomic E-state index is 13.5. The minimum absolute atomic E-state index is 0.114. The molecular formula is C13H12FN3O3. The molecule has 20 heavy (non-hydrogen) atoms. The summed E-state index contributed by atoms with van der Waals surface area (Å²) in [5.41, 5.74) is -0.324. The molecule has 0 saturated heterocycles. The number of nitrogens with one attached hydrogen (secondary N) is 1.